The summed E-state index contributed by atoms with van der Waals surface area (Å²) in [5, 5.41) is 3.69. The second kappa shape index (κ2) is 8.23. The van der Waals surface area contributed by atoms with E-state index in [0.29, 0.717) is 6.04 Å². The standard InChI is InChI=1S/C19H30N2/c1-4-5-17-6-8-18(9-7-17)20-19-11-14-21(15-12-19)13-10-16(2)3/h6-10,19-20H,4-5,11-15H2,1-3H3. The lowest BCUT2D eigenvalue weighted by molar-refractivity contribution is 0.240. The van der Waals surface area contributed by atoms with Crippen molar-refractivity contribution in [1.29, 1.82) is 0 Å². The Hall–Kier alpha value is -1.28. The Labute approximate surface area is 130 Å². The molecule has 2 rings (SSSR count). The van der Waals surface area contributed by atoms with Crippen LogP contribution >= 0.6 is 0 Å². The maximum Gasteiger partial charge on any atom is 0.0342 e. The predicted molar refractivity (Wildman–Crippen MR) is 93.0 cm³/mol. The molecule has 1 aromatic rings. The molecule has 116 valence electrons. The van der Waals surface area contributed by atoms with Gasteiger partial charge in [0, 0.05) is 31.4 Å². The Morgan fingerprint density at radius 2 is 1.86 bits per heavy atom. The molecule has 2 heteroatoms. The van der Waals surface area contributed by atoms with E-state index >= 15 is 0 Å². The van der Waals surface area contributed by atoms with Crippen LogP contribution in [0, 0.1) is 0 Å². The highest BCUT2D eigenvalue weighted by molar-refractivity contribution is 5.45. The molecule has 0 radical (unpaired) electrons. The summed E-state index contributed by atoms with van der Waals surface area (Å²) in [6.45, 7) is 10.1. The largest absolute Gasteiger partial charge is 0.382 e. The fourth-order valence-electron chi connectivity index (χ4n) is 2.86. The van der Waals surface area contributed by atoms with Gasteiger partial charge < -0.3 is 5.32 Å². The third-order valence-electron chi connectivity index (χ3n) is 4.21. The summed E-state index contributed by atoms with van der Waals surface area (Å²) in [4.78, 5) is 2.55. The van der Waals surface area contributed by atoms with Gasteiger partial charge >= 0.3 is 0 Å². The maximum absolute atomic E-state index is 3.69. The molecule has 0 saturated carbocycles. The van der Waals surface area contributed by atoms with Gasteiger partial charge in [0.1, 0.15) is 0 Å². The summed E-state index contributed by atoms with van der Waals surface area (Å²) in [7, 11) is 0. The van der Waals surface area contributed by atoms with Crippen molar-refractivity contribution in [3.8, 4) is 0 Å². The highest BCUT2D eigenvalue weighted by Gasteiger charge is 2.17. The minimum atomic E-state index is 0.630. The molecule has 1 N–H and O–H groups in total. The molecule has 0 spiro atoms. The molecule has 1 heterocycles. The molecule has 0 unspecified atom stereocenters. The number of hydrogen-bond donors (Lipinski definition) is 1. The fraction of sp³-hybridized carbons (Fsp3) is 0.579. The van der Waals surface area contributed by atoms with Crippen molar-refractivity contribution in [2.24, 2.45) is 0 Å². The molecule has 1 aliphatic rings. The summed E-state index contributed by atoms with van der Waals surface area (Å²) >= 11 is 0. The molecule has 0 aromatic heterocycles. The van der Waals surface area contributed by atoms with Crippen LogP contribution in [-0.2, 0) is 6.42 Å². The first-order valence-electron chi connectivity index (χ1n) is 8.38. The molecule has 1 aromatic carbocycles. The van der Waals surface area contributed by atoms with Gasteiger partial charge in [-0.3, -0.25) is 4.90 Å². The van der Waals surface area contributed by atoms with Crippen molar-refractivity contribution in [2.75, 3.05) is 25.0 Å². The van der Waals surface area contributed by atoms with E-state index in [1.807, 2.05) is 0 Å². The predicted octanol–water partition coefficient (Wildman–Crippen LogP) is 4.48. The number of likely N-dealkylation sites (tertiary alicyclic amines) is 1. The number of hydrogen-bond acceptors (Lipinski definition) is 2. The highest BCUT2D eigenvalue weighted by atomic mass is 15.1. The van der Waals surface area contributed by atoms with E-state index < -0.39 is 0 Å². The van der Waals surface area contributed by atoms with Crippen LogP contribution in [0.3, 0.4) is 0 Å². The zero-order valence-corrected chi connectivity index (χ0v) is 13.9. The molecule has 1 aliphatic heterocycles. The third-order valence-corrected chi connectivity index (χ3v) is 4.21. The van der Waals surface area contributed by atoms with Gasteiger partial charge in [-0.25, -0.2) is 0 Å². The van der Waals surface area contributed by atoms with Crippen LogP contribution in [0.1, 0.15) is 45.6 Å². The topological polar surface area (TPSA) is 15.3 Å². The summed E-state index contributed by atoms with van der Waals surface area (Å²) < 4.78 is 0. The Morgan fingerprint density at radius 3 is 2.43 bits per heavy atom. The average molecular weight is 286 g/mol. The summed E-state index contributed by atoms with van der Waals surface area (Å²) in [5.74, 6) is 0. The SMILES string of the molecule is CCCc1ccc(NC2CCN(CC=C(C)C)CC2)cc1. The number of anilines is 1. The molecular formula is C19H30N2. The number of benzene rings is 1. The lowest BCUT2D eigenvalue weighted by Crippen LogP contribution is -2.39. The zero-order chi connectivity index (χ0) is 15.1. The van der Waals surface area contributed by atoms with Crippen LogP contribution in [0.4, 0.5) is 5.69 Å². The average Bonchev–Trinajstić information content (AvgIpc) is 2.49. The van der Waals surface area contributed by atoms with Crippen LogP contribution < -0.4 is 5.32 Å². The lowest BCUT2D eigenvalue weighted by Gasteiger charge is -2.32. The van der Waals surface area contributed by atoms with Crippen LogP contribution in [0.25, 0.3) is 0 Å². The van der Waals surface area contributed by atoms with Crippen molar-refractivity contribution in [1.82, 2.24) is 4.90 Å². The number of rotatable bonds is 6. The van der Waals surface area contributed by atoms with E-state index in [1.54, 1.807) is 0 Å². The molecular weight excluding hydrogens is 256 g/mol. The van der Waals surface area contributed by atoms with Gasteiger partial charge in [-0.2, -0.15) is 0 Å². The molecule has 0 bridgehead atoms. The number of aryl methyl sites for hydroxylation is 1. The normalized spacial score (nSPS) is 16.7. The first-order valence-corrected chi connectivity index (χ1v) is 8.38. The second-order valence-electron chi connectivity index (χ2n) is 6.45. The van der Waals surface area contributed by atoms with Gasteiger partial charge in [-0.05, 0) is 50.8 Å². The summed E-state index contributed by atoms with van der Waals surface area (Å²) in [6.07, 6.45) is 7.22. The van der Waals surface area contributed by atoms with E-state index in [-0.39, 0.29) is 0 Å². The first kappa shape index (κ1) is 16.1. The van der Waals surface area contributed by atoms with Crippen molar-refractivity contribution in [2.45, 2.75) is 52.5 Å². The Morgan fingerprint density at radius 1 is 1.19 bits per heavy atom. The molecule has 0 aliphatic carbocycles. The fourth-order valence-corrected chi connectivity index (χ4v) is 2.86. The van der Waals surface area contributed by atoms with E-state index in [0.717, 1.165) is 6.54 Å². The van der Waals surface area contributed by atoms with Crippen molar-refractivity contribution < 1.29 is 0 Å². The van der Waals surface area contributed by atoms with Gasteiger partial charge in [0.2, 0.25) is 0 Å². The number of piperidine rings is 1. The molecule has 0 atom stereocenters. The number of nitrogens with zero attached hydrogens (tertiary/aromatic N) is 1. The number of nitrogens with one attached hydrogen (secondary N) is 1. The summed E-state index contributed by atoms with van der Waals surface area (Å²) in [6, 6.07) is 9.62. The van der Waals surface area contributed by atoms with E-state index in [1.165, 1.54) is 55.6 Å². The van der Waals surface area contributed by atoms with Crippen molar-refractivity contribution in [3.05, 3.63) is 41.5 Å². The molecule has 0 amide bonds. The van der Waals surface area contributed by atoms with Gasteiger partial charge in [-0.15, -0.1) is 0 Å². The smallest absolute Gasteiger partial charge is 0.0342 e. The summed E-state index contributed by atoms with van der Waals surface area (Å²) in [5.41, 5.74) is 4.14. The van der Waals surface area contributed by atoms with Gasteiger partial charge in [0.25, 0.3) is 0 Å². The Bertz CT molecular complexity index is 435. The highest BCUT2D eigenvalue weighted by Crippen LogP contribution is 2.18. The lowest BCUT2D eigenvalue weighted by atomic mass is 10.0. The molecule has 1 saturated heterocycles. The molecule has 21 heavy (non-hydrogen) atoms. The van der Waals surface area contributed by atoms with Crippen LogP contribution in [0.5, 0.6) is 0 Å². The van der Waals surface area contributed by atoms with Crippen LogP contribution in [0.2, 0.25) is 0 Å². The Balaban J connectivity index is 1.76. The van der Waals surface area contributed by atoms with Crippen molar-refractivity contribution in [3.63, 3.8) is 0 Å². The van der Waals surface area contributed by atoms with Crippen LogP contribution in [0.15, 0.2) is 35.9 Å². The monoisotopic (exact) mass is 286 g/mol. The van der Waals surface area contributed by atoms with Crippen LogP contribution in [-0.4, -0.2) is 30.6 Å². The minimum Gasteiger partial charge on any atom is -0.382 e. The van der Waals surface area contributed by atoms with Gasteiger partial charge in [-0.1, -0.05) is 37.1 Å². The molecule has 1 fully saturated rings. The van der Waals surface area contributed by atoms with E-state index in [4.69, 9.17) is 0 Å². The van der Waals surface area contributed by atoms with E-state index in [9.17, 15) is 0 Å². The first-order chi connectivity index (χ1) is 10.2. The second-order valence-corrected chi connectivity index (χ2v) is 6.45. The minimum absolute atomic E-state index is 0.630. The maximum atomic E-state index is 3.69. The Kier molecular flexibility index (Phi) is 6.31. The number of allylic oxidation sites excluding steroid dienone is 1. The van der Waals surface area contributed by atoms with Gasteiger partial charge in [0.15, 0.2) is 0 Å². The van der Waals surface area contributed by atoms with E-state index in [2.05, 4.69) is 61.3 Å². The molecule has 2 nitrogen and oxygen atoms in total. The quantitative estimate of drug-likeness (QED) is 0.776. The third kappa shape index (κ3) is 5.55. The van der Waals surface area contributed by atoms with Gasteiger partial charge in [0.05, 0.1) is 0 Å². The van der Waals surface area contributed by atoms with Crippen molar-refractivity contribution >= 4 is 5.69 Å². The zero-order valence-electron chi connectivity index (χ0n) is 13.9.